The van der Waals surface area contributed by atoms with Crippen LogP contribution in [0.2, 0.25) is 0 Å². The van der Waals surface area contributed by atoms with Crippen molar-refractivity contribution in [1.29, 1.82) is 0 Å². The third-order valence-corrected chi connectivity index (χ3v) is 5.83. The monoisotopic (exact) mass is 396 g/mol. The fraction of sp³-hybridized carbons (Fsp3) is 0.524. The van der Waals surface area contributed by atoms with Gasteiger partial charge in [-0.1, -0.05) is 30.3 Å². The molecule has 0 spiro atoms. The maximum atomic E-state index is 12.5. The summed E-state index contributed by atoms with van der Waals surface area (Å²) in [5.74, 6) is 2.12. The van der Waals surface area contributed by atoms with Gasteiger partial charge in [0.1, 0.15) is 5.82 Å². The van der Waals surface area contributed by atoms with Crippen LogP contribution in [0.3, 0.4) is 0 Å². The molecule has 3 amide bonds. The van der Waals surface area contributed by atoms with Crippen LogP contribution in [0.1, 0.15) is 42.9 Å². The molecule has 1 atom stereocenters. The molecule has 0 radical (unpaired) electrons. The number of urea groups is 1. The zero-order chi connectivity index (χ0) is 20.2. The van der Waals surface area contributed by atoms with Gasteiger partial charge in [0.05, 0.1) is 6.54 Å². The van der Waals surface area contributed by atoms with E-state index in [1.165, 1.54) is 5.56 Å². The Labute approximate surface area is 170 Å². The van der Waals surface area contributed by atoms with E-state index < -0.39 is 0 Å². The molecule has 2 aliphatic heterocycles. The lowest BCUT2D eigenvalue weighted by atomic mass is 9.97. The van der Waals surface area contributed by atoms with Gasteiger partial charge in [-0.2, -0.15) is 0 Å². The van der Waals surface area contributed by atoms with Crippen molar-refractivity contribution in [2.75, 3.05) is 26.2 Å². The maximum Gasteiger partial charge on any atom is 0.317 e. The Kier molecular flexibility index (Phi) is 5.78. The largest absolute Gasteiger partial charge is 0.342 e. The van der Waals surface area contributed by atoms with E-state index in [2.05, 4.69) is 32.2 Å². The van der Waals surface area contributed by atoms with Crippen LogP contribution in [-0.2, 0) is 24.3 Å². The number of nitrogens with zero attached hydrogens (tertiary/aromatic N) is 5. The van der Waals surface area contributed by atoms with Crippen molar-refractivity contribution in [2.45, 2.75) is 45.2 Å². The Hall–Kier alpha value is -2.90. The highest BCUT2D eigenvalue weighted by Crippen LogP contribution is 2.27. The molecule has 4 rings (SSSR count). The van der Waals surface area contributed by atoms with Crippen LogP contribution in [0, 0.1) is 0 Å². The number of carbonyl (C=O) groups is 2. The first-order valence-electron chi connectivity index (χ1n) is 10.4. The van der Waals surface area contributed by atoms with Gasteiger partial charge >= 0.3 is 6.03 Å². The molecule has 8 heteroatoms. The van der Waals surface area contributed by atoms with Crippen molar-refractivity contribution in [1.82, 2.24) is 29.9 Å². The molecular formula is C21H28N6O2. The van der Waals surface area contributed by atoms with E-state index in [0.717, 1.165) is 37.5 Å². The maximum absolute atomic E-state index is 12.5. The van der Waals surface area contributed by atoms with E-state index in [4.69, 9.17) is 0 Å². The molecule has 29 heavy (non-hydrogen) atoms. The number of hydrogen-bond acceptors (Lipinski definition) is 4. The van der Waals surface area contributed by atoms with Crippen LogP contribution in [0.25, 0.3) is 0 Å². The Balaban J connectivity index is 1.33. The Bertz CT molecular complexity index is 865. The summed E-state index contributed by atoms with van der Waals surface area (Å²) in [5, 5.41) is 11.8. The zero-order valence-electron chi connectivity index (χ0n) is 16.9. The van der Waals surface area contributed by atoms with Gasteiger partial charge in [-0.15, -0.1) is 10.2 Å². The summed E-state index contributed by atoms with van der Waals surface area (Å²) in [6.45, 7) is 5.56. The minimum Gasteiger partial charge on any atom is -0.342 e. The summed E-state index contributed by atoms with van der Waals surface area (Å²) >= 11 is 0. The summed E-state index contributed by atoms with van der Waals surface area (Å²) in [4.78, 5) is 28.0. The van der Waals surface area contributed by atoms with Crippen molar-refractivity contribution in [3.63, 3.8) is 0 Å². The first-order valence-corrected chi connectivity index (χ1v) is 10.4. The topological polar surface area (TPSA) is 83.4 Å². The standard InChI is InChI=1S/C21H28N6O2/c1-16(28)25-11-5-8-18(14-25)20-24-23-19-15-26(12-13-27(19)20)21(29)22-10-9-17-6-3-2-4-7-17/h2-4,6-7,18H,5,8-15H2,1H3,(H,22,29). The highest BCUT2D eigenvalue weighted by molar-refractivity contribution is 5.74. The summed E-state index contributed by atoms with van der Waals surface area (Å²) in [7, 11) is 0. The molecule has 8 nitrogen and oxygen atoms in total. The van der Waals surface area contributed by atoms with Crippen molar-refractivity contribution in [2.24, 2.45) is 0 Å². The predicted molar refractivity (Wildman–Crippen MR) is 108 cm³/mol. The molecule has 0 bridgehead atoms. The molecule has 2 aromatic rings. The number of hydrogen-bond donors (Lipinski definition) is 1. The summed E-state index contributed by atoms with van der Waals surface area (Å²) in [6.07, 6.45) is 2.82. The second-order valence-corrected chi connectivity index (χ2v) is 7.82. The SMILES string of the molecule is CC(=O)N1CCCC(c2nnc3n2CCN(C(=O)NCCc2ccccc2)C3)C1. The lowest BCUT2D eigenvalue weighted by molar-refractivity contribution is -0.130. The van der Waals surface area contributed by atoms with E-state index in [9.17, 15) is 9.59 Å². The predicted octanol–water partition coefficient (Wildman–Crippen LogP) is 1.77. The van der Waals surface area contributed by atoms with Gasteiger partial charge in [0.15, 0.2) is 5.82 Å². The van der Waals surface area contributed by atoms with E-state index >= 15 is 0 Å². The number of piperidine rings is 1. The van der Waals surface area contributed by atoms with E-state index in [-0.39, 0.29) is 17.9 Å². The van der Waals surface area contributed by atoms with E-state index in [1.54, 1.807) is 11.8 Å². The minimum atomic E-state index is -0.0582. The summed E-state index contributed by atoms with van der Waals surface area (Å²) < 4.78 is 2.14. The van der Waals surface area contributed by atoms with Gasteiger partial charge in [0, 0.05) is 45.6 Å². The quantitative estimate of drug-likeness (QED) is 0.854. The van der Waals surface area contributed by atoms with Crippen LogP contribution in [-0.4, -0.2) is 62.7 Å². The minimum absolute atomic E-state index is 0.0582. The third kappa shape index (κ3) is 4.41. The molecule has 1 fully saturated rings. The van der Waals surface area contributed by atoms with Crippen LogP contribution in [0.4, 0.5) is 4.79 Å². The second kappa shape index (κ2) is 8.63. The first kappa shape index (κ1) is 19.4. The van der Waals surface area contributed by atoms with Crippen LogP contribution in [0.5, 0.6) is 0 Å². The van der Waals surface area contributed by atoms with Gasteiger partial charge in [-0.05, 0) is 24.8 Å². The summed E-state index contributed by atoms with van der Waals surface area (Å²) in [5.41, 5.74) is 1.21. The Morgan fingerprint density at radius 3 is 2.72 bits per heavy atom. The van der Waals surface area contributed by atoms with Crippen LogP contribution >= 0.6 is 0 Å². The van der Waals surface area contributed by atoms with Crippen LogP contribution < -0.4 is 5.32 Å². The van der Waals surface area contributed by atoms with E-state index in [1.807, 2.05) is 23.1 Å². The second-order valence-electron chi connectivity index (χ2n) is 7.82. The van der Waals surface area contributed by atoms with Crippen molar-refractivity contribution >= 4 is 11.9 Å². The Morgan fingerprint density at radius 2 is 1.93 bits per heavy atom. The summed E-state index contributed by atoms with van der Waals surface area (Å²) in [6, 6.07) is 10.1. The molecule has 1 aromatic heterocycles. The fourth-order valence-corrected chi connectivity index (χ4v) is 4.20. The first-order chi connectivity index (χ1) is 14.1. The number of rotatable bonds is 4. The number of nitrogens with one attached hydrogen (secondary N) is 1. The number of fused-ring (bicyclic) bond motifs is 1. The highest BCUT2D eigenvalue weighted by Gasteiger charge is 2.30. The lowest BCUT2D eigenvalue weighted by Crippen LogP contribution is -2.45. The molecule has 1 N–H and O–H groups in total. The Morgan fingerprint density at radius 1 is 1.10 bits per heavy atom. The lowest BCUT2D eigenvalue weighted by Gasteiger charge is -2.33. The highest BCUT2D eigenvalue weighted by atomic mass is 16.2. The van der Waals surface area contributed by atoms with Gasteiger partial charge in [0.25, 0.3) is 0 Å². The molecular weight excluding hydrogens is 368 g/mol. The number of amides is 3. The number of aromatic nitrogens is 3. The molecule has 154 valence electrons. The normalized spacial score (nSPS) is 19.0. The number of benzene rings is 1. The van der Waals surface area contributed by atoms with Crippen molar-refractivity contribution in [3.05, 3.63) is 47.5 Å². The molecule has 0 saturated carbocycles. The molecule has 1 unspecified atom stereocenters. The smallest absolute Gasteiger partial charge is 0.317 e. The zero-order valence-corrected chi connectivity index (χ0v) is 16.9. The molecule has 3 heterocycles. The molecule has 2 aliphatic rings. The number of likely N-dealkylation sites (tertiary alicyclic amines) is 1. The van der Waals surface area contributed by atoms with Gasteiger partial charge in [-0.25, -0.2) is 4.79 Å². The molecule has 0 aliphatic carbocycles. The van der Waals surface area contributed by atoms with Gasteiger partial charge in [0.2, 0.25) is 5.91 Å². The molecule has 1 saturated heterocycles. The van der Waals surface area contributed by atoms with Crippen molar-refractivity contribution < 1.29 is 9.59 Å². The van der Waals surface area contributed by atoms with Gasteiger partial charge < -0.3 is 19.7 Å². The van der Waals surface area contributed by atoms with Crippen molar-refractivity contribution in [3.8, 4) is 0 Å². The number of carbonyl (C=O) groups excluding carboxylic acids is 2. The average Bonchev–Trinajstić information content (AvgIpc) is 3.18. The third-order valence-electron chi connectivity index (χ3n) is 5.83. The van der Waals surface area contributed by atoms with Gasteiger partial charge in [-0.3, -0.25) is 4.79 Å². The van der Waals surface area contributed by atoms with E-state index in [0.29, 0.717) is 32.7 Å². The fourth-order valence-electron chi connectivity index (χ4n) is 4.20. The van der Waals surface area contributed by atoms with Crippen LogP contribution in [0.15, 0.2) is 30.3 Å². The molecule has 1 aromatic carbocycles. The average molecular weight is 396 g/mol.